The van der Waals surface area contributed by atoms with Crippen molar-refractivity contribution in [3.63, 3.8) is 0 Å². The summed E-state index contributed by atoms with van der Waals surface area (Å²) in [6.07, 6.45) is 29.5. The van der Waals surface area contributed by atoms with Gasteiger partial charge in [-0.25, -0.2) is 0 Å². The average Bonchev–Trinajstić information content (AvgIpc) is 2.99. The van der Waals surface area contributed by atoms with Gasteiger partial charge in [-0.2, -0.15) is 0 Å². The van der Waals surface area contributed by atoms with Crippen molar-refractivity contribution in [3.8, 4) is 0 Å². The summed E-state index contributed by atoms with van der Waals surface area (Å²) in [7, 11) is 0. The summed E-state index contributed by atoms with van der Waals surface area (Å²) in [5, 5.41) is 19.7. The van der Waals surface area contributed by atoms with Crippen molar-refractivity contribution >= 4 is 5.97 Å². The maximum atomic E-state index is 11.9. The van der Waals surface area contributed by atoms with E-state index in [1.165, 1.54) is 96.3 Å². The van der Waals surface area contributed by atoms with Gasteiger partial charge in [0.1, 0.15) is 0 Å². The van der Waals surface area contributed by atoms with Crippen LogP contribution in [0.4, 0.5) is 0 Å². The maximum Gasteiger partial charge on any atom is 0.305 e. The molecule has 0 aliphatic heterocycles. The third kappa shape index (κ3) is 32.5. The van der Waals surface area contributed by atoms with E-state index in [9.17, 15) is 15.0 Å². The zero-order valence-electron chi connectivity index (χ0n) is 29.1. The first-order valence-corrected chi connectivity index (χ1v) is 18.9. The minimum atomic E-state index is -0.622. The molecule has 0 saturated heterocycles. The molecule has 0 spiro atoms. The van der Waals surface area contributed by atoms with Crippen molar-refractivity contribution in [3.05, 3.63) is 0 Å². The number of hydrogen-bond donors (Lipinski definition) is 2. The number of esters is 1. The highest BCUT2D eigenvalue weighted by molar-refractivity contribution is 5.69. The highest BCUT2D eigenvalue weighted by atomic mass is 16.6. The topological polar surface area (TPSA) is 79.2 Å². The third-order valence-electron chi connectivity index (χ3n) is 8.56. The fourth-order valence-corrected chi connectivity index (χ4v) is 5.73. The Morgan fingerprint density at radius 2 is 1.07 bits per heavy atom. The van der Waals surface area contributed by atoms with Crippen LogP contribution in [0, 0.1) is 0 Å². The number of aliphatic hydroxyl groups excluding tert-OH is 2. The normalized spacial score (nSPS) is 13.1. The van der Waals surface area contributed by atoms with Crippen LogP contribution in [0.15, 0.2) is 0 Å². The molecule has 6 nitrogen and oxygen atoms in total. The predicted octanol–water partition coefficient (Wildman–Crippen LogP) is 9.73. The van der Waals surface area contributed by atoms with Gasteiger partial charge in [0, 0.05) is 13.0 Å². The molecular formula is C37H75NO5. The van der Waals surface area contributed by atoms with Crippen molar-refractivity contribution in [2.24, 2.45) is 0 Å². The van der Waals surface area contributed by atoms with Crippen LogP contribution in [0.1, 0.15) is 188 Å². The summed E-state index contributed by atoms with van der Waals surface area (Å²) in [4.78, 5) is 14.3. The van der Waals surface area contributed by atoms with E-state index in [-0.39, 0.29) is 18.7 Å². The number of nitrogens with zero attached hydrogens (tertiary/aromatic N) is 1. The van der Waals surface area contributed by atoms with Crippen LogP contribution in [0.25, 0.3) is 0 Å². The van der Waals surface area contributed by atoms with E-state index >= 15 is 0 Å². The second-order valence-corrected chi connectivity index (χ2v) is 12.9. The van der Waals surface area contributed by atoms with Gasteiger partial charge in [-0.1, -0.05) is 129 Å². The number of unbranched alkanes of at least 4 members (excludes halogenated alkanes) is 19. The highest BCUT2D eigenvalue weighted by Gasteiger charge is 2.10. The molecule has 0 aliphatic carbocycles. The van der Waals surface area contributed by atoms with E-state index in [1.807, 2.05) is 0 Å². The molecule has 0 aromatic carbocycles. The lowest BCUT2D eigenvalue weighted by Crippen LogP contribution is -2.29. The van der Waals surface area contributed by atoms with Crippen molar-refractivity contribution in [1.29, 1.82) is 0 Å². The lowest BCUT2D eigenvalue weighted by Gasteiger charge is -2.21. The minimum Gasteiger partial charge on any atom is -0.466 e. The molecule has 6 heteroatoms. The zero-order chi connectivity index (χ0) is 31.6. The van der Waals surface area contributed by atoms with Gasteiger partial charge < -0.3 is 24.6 Å². The average molecular weight is 614 g/mol. The zero-order valence-corrected chi connectivity index (χ0v) is 29.1. The van der Waals surface area contributed by atoms with Crippen molar-refractivity contribution in [2.75, 3.05) is 32.8 Å². The van der Waals surface area contributed by atoms with E-state index in [4.69, 9.17) is 9.47 Å². The summed E-state index contributed by atoms with van der Waals surface area (Å²) in [5.74, 6) is -0.0296. The Morgan fingerprint density at radius 3 is 1.63 bits per heavy atom. The minimum absolute atomic E-state index is 0.0296. The van der Waals surface area contributed by atoms with E-state index in [1.54, 1.807) is 0 Å². The van der Waals surface area contributed by atoms with Crippen LogP contribution in [0.2, 0.25) is 0 Å². The van der Waals surface area contributed by atoms with Gasteiger partial charge >= 0.3 is 5.97 Å². The van der Waals surface area contributed by atoms with Crippen LogP contribution in [-0.2, 0) is 14.3 Å². The predicted molar refractivity (Wildman–Crippen MR) is 182 cm³/mol. The van der Waals surface area contributed by atoms with Gasteiger partial charge in [0.05, 0.1) is 19.3 Å². The first-order valence-electron chi connectivity index (χ1n) is 18.9. The van der Waals surface area contributed by atoms with Crippen molar-refractivity contribution in [1.82, 2.24) is 4.90 Å². The number of hydrogen-bond acceptors (Lipinski definition) is 6. The van der Waals surface area contributed by atoms with Gasteiger partial charge in [0.25, 0.3) is 0 Å². The van der Waals surface area contributed by atoms with Crippen LogP contribution in [-0.4, -0.2) is 66.3 Å². The molecule has 0 fully saturated rings. The van der Waals surface area contributed by atoms with E-state index in [2.05, 4.69) is 25.7 Å². The van der Waals surface area contributed by atoms with Gasteiger partial charge in [-0.05, 0) is 65.0 Å². The second kappa shape index (κ2) is 34.2. The van der Waals surface area contributed by atoms with Crippen LogP contribution >= 0.6 is 0 Å². The Hall–Kier alpha value is -0.690. The molecule has 43 heavy (non-hydrogen) atoms. The molecule has 2 atom stereocenters. The van der Waals surface area contributed by atoms with Crippen molar-refractivity contribution < 1.29 is 24.5 Å². The summed E-state index contributed by atoms with van der Waals surface area (Å²) < 4.78 is 11.2. The second-order valence-electron chi connectivity index (χ2n) is 12.9. The summed E-state index contributed by atoms with van der Waals surface area (Å²) in [5.41, 5.74) is 0. The van der Waals surface area contributed by atoms with Gasteiger partial charge in [0.2, 0.25) is 0 Å². The highest BCUT2D eigenvalue weighted by Crippen LogP contribution is 2.15. The Labute approximate surface area is 268 Å². The summed E-state index contributed by atoms with van der Waals surface area (Å²) in [6, 6.07) is 0. The number of carbonyl (C=O) groups is 1. The molecule has 0 aliphatic rings. The Balaban J connectivity index is 3.61. The summed E-state index contributed by atoms with van der Waals surface area (Å²) >= 11 is 0. The molecule has 0 radical (unpaired) electrons. The standard InChI is InChI=1S/C37H75NO5/c1-4-6-8-10-12-20-26-34-42-36(40)28-22-16-13-18-24-30-38(32-33-39)31-25-19-14-17-23-29-37(41)43-35(3)27-21-15-11-9-7-5-2/h35,37,39,41H,4-34H2,1-3H3. The fraction of sp³-hybridized carbons (Fsp3) is 0.973. The van der Waals surface area contributed by atoms with E-state index in [0.717, 1.165) is 83.8 Å². The quantitative estimate of drug-likeness (QED) is 0.0421. The summed E-state index contributed by atoms with van der Waals surface area (Å²) in [6.45, 7) is 10.2. The first-order chi connectivity index (χ1) is 21.0. The molecule has 0 bridgehead atoms. The van der Waals surface area contributed by atoms with E-state index in [0.29, 0.717) is 13.0 Å². The molecular weight excluding hydrogens is 538 g/mol. The number of aliphatic hydroxyl groups is 2. The first kappa shape index (κ1) is 42.3. The van der Waals surface area contributed by atoms with Crippen molar-refractivity contribution in [2.45, 2.75) is 200 Å². The van der Waals surface area contributed by atoms with Gasteiger partial charge in [-0.15, -0.1) is 0 Å². The molecule has 2 unspecified atom stereocenters. The lowest BCUT2D eigenvalue weighted by atomic mass is 10.1. The monoisotopic (exact) mass is 614 g/mol. The molecule has 258 valence electrons. The Morgan fingerprint density at radius 1 is 0.605 bits per heavy atom. The SMILES string of the molecule is CCCCCCCCCOC(=O)CCCCCCCN(CCO)CCCCCCCC(O)OC(C)CCCCCCCC. The fourth-order valence-electron chi connectivity index (χ4n) is 5.73. The molecule has 0 amide bonds. The van der Waals surface area contributed by atoms with Crippen LogP contribution in [0.5, 0.6) is 0 Å². The molecule has 0 heterocycles. The maximum absolute atomic E-state index is 11.9. The smallest absolute Gasteiger partial charge is 0.305 e. The van der Waals surface area contributed by atoms with Gasteiger partial charge in [0.15, 0.2) is 6.29 Å². The molecule has 0 saturated carbocycles. The number of ether oxygens (including phenoxy) is 2. The molecule has 2 N–H and O–H groups in total. The largest absolute Gasteiger partial charge is 0.466 e. The molecule has 0 rings (SSSR count). The molecule has 0 aromatic rings. The third-order valence-corrected chi connectivity index (χ3v) is 8.56. The Bertz CT molecular complexity index is 561. The molecule has 0 aromatic heterocycles. The van der Waals surface area contributed by atoms with Gasteiger partial charge in [-0.3, -0.25) is 4.79 Å². The van der Waals surface area contributed by atoms with E-state index < -0.39 is 6.29 Å². The number of rotatable bonds is 35. The number of carbonyl (C=O) groups excluding carboxylic acids is 1. The lowest BCUT2D eigenvalue weighted by molar-refractivity contribution is -0.144. The van der Waals surface area contributed by atoms with Crippen LogP contribution < -0.4 is 0 Å². The Kier molecular flexibility index (Phi) is 33.6. The van der Waals surface area contributed by atoms with Crippen LogP contribution in [0.3, 0.4) is 0 Å².